The van der Waals surface area contributed by atoms with Crippen molar-refractivity contribution in [3.8, 4) is 0 Å². The Morgan fingerprint density at radius 1 is 1.10 bits per heavy atom. The topological polar surface area (TPSA) is 41.1 Å². The zero-order chi connectivity index (χ0) is 14.7. The van der Waals surface area contributed by atoms with Crippen molar-refractivity contribution >= 4 is 11.6 Å². The van der Waals surface area contributed by atoms with Crippen molar-refractivity contribution in [2.75, 3.05) is 29.9 Å². The van der Waals surface area contributed by atoms with E-state index in [0.29, 0.717) is 0 Å². The summed E-state index contributed by atoms with van der Waals surface area (Å²) in [4.78, 5) is 11.2. The van der Waals surface area contributed by atoms with Crippen LogP contribution in [0.3, 0.4) is 0 Å². The minimum atomic E-state index is 0.878. The third-order valence-electron chi connectivity index (χ3n) is 4.12. The van der Waals surface area contributed by atoms with E-state index >= 15 is 0 Å². The van der Waals surface area contributed by atoms with Crippen molar-refractivity contribution in [3.63, 3.8) is 0 Å². The number of anilines is 2. The molecule has 1 aromatic heterocycles. The Kier molecular flexibility index (Phi) is 4.04. The highest BCUT2D eigenvalue weighted by atomic mass is 15.2. The van der Waals surface area contributed by atoms with Crippen LogP contribution >= 0.6 is 0 Å². The molecule has 3 rings (SSSR count). The van der Waals surface area contributed by atoms with Gasteiger partial charge in [0.25, 0.3) is 0 Å². The van der Waals surface area contributed by atoms with E-state index in [9.17, 15) is 0 Å². The first kappa shape index (κ1) is 13.9. The van der Waals surface area contributed by atoms with Crippen molar-refractivity contribution in [1.82, 2.24) is 9.97 Å². The molecule has 21 heavy (non-hydrogen) atoms. The molecule has 0 amide bonds. The lowest BCUT2D eigenvalue weighted by Crippen LogP contribution is -2.28. The van der Waals surface area contributed by atoms with E-state index in [0.717, 1.165) is 49.7 Å². The fraction of sp³-hybridized carbons (Fsp3) is 0.412. The molecule has 0 spiro atoms. The van der Waals surface area contributed by atoms with E-state index < -0.39 is 0 Å². The molecule has 0 saturated heterocycles. The van der Waals surface area contributed by atoms with Crippen molar-refractivity contribution in [1.29, 1.82) is 0 Å². The van der Waals surface area contributed by atoms with E-state index in [2.05, 4.69) is 58.3 Å². The fourth-order valence-electron chi connectivity index (χ4n) is 2.99. The van der Waals surface area contributed by atoms with Crippen LogP contribution < -0.4 is 10.2 Å². The van der Waals surface area contributed by atoms with Crippen molar-refractivity contribution < 1.29 is 0 Å². The zero-order valence-corrected chi connectivity index (χ0v) is 12.8. The number of hydrogen-bond donors (Lipinski definition) is 1. The molecule has 0 unspecified atom stereocenters. The summed E-state index contributed by atoms with van der Waals surface area (Å²) in [6.07, 6.45) is 3.82. The molecule has 0 radical (unpaired) electrons. The van der Waals surface area contributed by atoms with E-state index in [-0.39, 0.29) is 0 Å². The Morgan fingerprint density at radius 3 is 2.38 bits per heavy atom. The highest BCUT2D eigenvalue weighted by Gasteiger charge is 2.17. The van der Waals surface area contributed by atoms with E-state index in [1.165, 1.54) is 11.1 Å². The summed E-state index contributed by atoms with van der Waals surface area (Å²) in [5.74, 6) is 2.01. The van der Waals surface area contributed by atoms with Crippen LogP contribution in [0.4, 0.5) is 11.6 Å². The molecule has 2 aromatic rings. The number of nitrogens with one attached hydrogen (secondary N) is 1. The average Bonchev–Trinajstić information content (AvgIpc) is 2.72. The molecular weight excluding hydrogens is 260 g/mol. The third kappa shape index (κ3) is 2.84. The molecule has 0 bridgehead atoms. The first-order valence-corrected chi connectivity index (χ1v) is 7.66. The van der Waals surface area contributed by atoms with Gasteiger partial charge in [0.1, 0.15) is 18.0 Å². The van der Waals surface area contributed by atoms with Gasteiger partial charge in [-0.15, -0.1) is 0 Å². The summed E-state index contributed by atoms with van der Waals surface area (Å²) in [5.41, 5.74) is 4.09. The highest BCUT2D eigenvalue weighted by Crippen LogP contribution is 2.25. The molecule has 1 aromatic carbocycles. The number of aromatic nitrogens is 2. The van der Waals surface area contributed by atoms with E-state index in [4.69, 9.17) is 0 Å². The Morgan fingerprint density at radius 2 is 1.76 bits per heavy atom. The zero-order valence-electron chi connectivity index (χ0n) is 12.8. The van der Waals surface area contributed by atoms with Crippen LogP contribution in [0.5, 0.6) is 0 Å². The maximum atomic E-state index is 4.52. The molecule has 110 valence electrons. The van der Waals surface area contributed by atoms with Gasteiger partial charge in [0.2, 0.25) is 0 Å². The molecule has 0 atom stereocenters. The molecule has 1 aliphatic heterocycles. The first-order chi connectivity index (χ1) is 10.3. The van der Waals surface area contributed by atoms with Crippen LogP contribution in [-0.2, 0) is 12.8 Å². The maximum absolute atomic E-state index is 4.52. The lowest BCUT2D eigenvalue weighted by atomic mass is 10.0. The summed E-state index contributed by atoms with van der Waals surface area (Å²) in [6.45, 7) is 7.10. The van der Waals surface area contributed by atoms with Gasteiger partial charge in [-0.25, -0.2) is 9.97 Å². The Balaban J connectivity index is 1.84. The molecule has 1 N–H and O–H groups in total. The lowest BCUT2D eigenvalue weighted by molar-refractivity contribution is 0.783. The van der Waals surface area contributed by atoms with Gasteiger partial charge in [-0.1, -0.05) is 24.3 Å². The van der Waals surface area contributed by atoms with Gasteiger partial charge in [-0.2, -0.15) is 0 Å². The van der Waals surface area contributed by atoms with Gasteiger partial charge in [0.15, 0.2) is 0 Å². The quantitative estimate of drug-likeness (QED) is 0.940. The number of benzene rings is 1. The molecule has 0 fully saturated rings. The van der Waals surface area contributed by atoms with Crippen LogP contribution in [0.2, 0.25) is 0 Å². The second-order valence-electron chi connectivity index (χ2n) is 5.46. The van der Waals surface area contributed by atoms with E-state index in [1.54, 1.807) is 6.33 Å². The van der Waals surface area contributed by atoms with Crippen molar-refractivity contribution in [3.05, 3.63) is 47.3 Å². The maximum Gasteiger partial charge on any atom is 0.137 e. The van der Waals surface area contributed by atoms with Gasteiger partial charge in [-0.3, -0.25) is 0 Å². The molecular formula is C17H22N4. The smallest absolute Gasteiger partial charge is 0.137 e. The molecule has 4 heteroatoms. The van der Waals surface area contributed by atoms with Gasteiger partial charge in [-0.05, 0) is 37.8 Å². The molecule has 4 nitrogen and oxygen atoms in total. The molecule has 0 saturated carbocycles. The van der Waals surface area contributed by atoms with Crippen molar-refractivity contribution in [2.45, 2.75) is 26.7 Å². The van der Waals surface area contributed by atoms with Crippen LogP contribution in [-0.4, -0.2) is 29.6 Å². The summed E-state index contributed by atoms with van der Waals surface area (Å²) in [7, 11) is 0. The summed E-state index contributed by atoms with van der Waals surface area (Å²) in [5, 5.41) is 3.31. The second kappa shape index (κ2) is 6.12. The Hall–Kier alpha value is -2.10. The fourth-order valence-corrected chi connectivity index (χ4v) is 2.99. The summed E-state index contributed by atoms with van der Waals surface area (Å²) in [6, 6.07) is 8.76. The molecule has 1 aliphatic rings. The van der Waals surface area contributed by atoms with E-state index in [1.807, 2.05) is 0 Å². The molecule has 0 aliphatic carbocycles. The third-order valence-corrected chi connectivity index (χ3v) is 4.12. The predicted molar refractivity (Wildman–Crippen MR) is 87.0 cm³/mol. The minimum absolute atomic E-state index is 0.878. The van der Waals surface area contributed by atoms with Gasteiger partial charge in [0, 0.05) is 25.2 Å². The minimum Gasteiger partial charge on any atom is -0.370 e. The number of rotatable bonds is 3. The molecule has 2 heterocycles. The van der Waals surface area contributed by atoms with Crippen LogP contribution in [0.15, 0.2) is 30.6 Å². The van der Waals surface area contributed by atoms with Crippen molar-refractivity contribution in [2.24, 2.45) is 0 Å². The highest BCUT2D eigenvalue weighted by molar-refractivity contribution is 5.58. The van der Waals surface area contributed by atoms with Crippen LogP contribution in [0.1, 0.15) is 23.6 Å². The number of fused-ring (bicyclic) bond motifs is 1. The number of nitrogens with zero attached hydrogens (tertiary/aromatic N) is 3. The monoisotopic (exact) mass is 282 g/mol. The standard InChI is InChI=1S/C17H22N4/c1-3-18-16-13(2)17(20-12-19-16)21-10-8-14-6-4-5-7-15(14)9-11-21/h4-7,12H,3,8-11H2,1-2H3,(H,18,19,20). The lowest BCUT2D eigenvalue weighted by Gasteiger charge is -2.24. The summed E-state index contributed by atoms with van der Waals surface area (Å²) >= 11 is 0. The first-order valence-electron chi connectivity index (χ1n) is 7.66. The van der Waals surface area contributed by atoms with Gasteiger partial charge < -0.3 is 10.2 Å². The van der Waals surface area contributed by atoms with Gasteiger partial charge >= 0.3 is 0 Å². The normalized spacial score (nSPS) is 14.5. The average molecular weight is 282 g/mol. The predicted octanol–water partition coefficient (Wildman–Crippen LogP) is 2.82. The SMILES string of the molecule is CCNc1ncnc(N2CCc3ccccc3CC2)c1C. The largest absolute Gasteiger partial charge is 0.370 e. The Labute approximate surface area is 126 Å². The Bertz CT molecular complexity index is 597. The summed E-state index contributed by atoms with van der Waals surface area (Å²) < 4.78 is 0. The van der Waals surface area contributed by atoms with Gasteiger partial charge in [0.05, 0.1) is 0 Å². The van der Waals surface area contributed by atoms with Crippen LogP contribution in [0, 0.1) is 6.92 Å². The second-order valence-corrected chi connectivity index (χ2v) is 5.46. The number of hydrogen-bond acceptors (Lipinski definition) is 4. The van der Waals surface area contributed by atoms with Crippen LogP contribution in [0.25, 0.3) is 0 Å².